The smallest absolute Gasteiger partial charge is 0.191 e. The lowest BCUT2D eigenvalue weighted by Gasteiger charge is -2.12. The van der Waals surface area contributed by atoms with Gasteiger partial charge in [-0.1, -0.05) is 19.1 Å². The maximum Gasteiger partial charge on any atom is 0.191 e. The largest absolute Gasteiger partial charge is 0.356 e. The van der Waals surface area contributed by atoms with E-state index in [0.29, 0.717) is 0 Å². The van der Waals surface area contributed by atoms with Crippen molar-refractivity contribution in [2.24, 2.45) is 4.99 Å². The predicted octanol–water partition coefficient (Wildman–Crippen LogP) is 3.42. The Kier molecular flexibility index (Phi) is 8.73. The van der Waals surface area contributed by atoms with E-state index >= 15 is 0 Å². The second-order valence-corrected chi connectivity index (χ2v) is 6.99. The van der Waals surface area contributed by atoms with Crippen LogP contribution in [0.25, 0.3) is 5.69 Å². The zero-order valence-electron chi connectivity index (χ0n) is 15.6. The van der Waals surface area contributed by atoms with E-state index in [9.17, 15) is 0 Å². The summed E-state index contributed by atoms with van der Waals surface area (Å²) in [6.45, 7) is 3.69. The fourth-order valence-electron chi connectivity index (χ4n) is 2.51. The third-order valence-corrected chi connectivity index (χ3v) is 5.17. The molecule has 0 aliphatic rings. The monoisotopic (exact) mass is 496 g/mol. The van der Waals surface area contributed by atoms with Gasteiger partial charge in [-0.3, -0.25) is 4.99 Å². The third kappa shape index (κ3) is 6.31. The summed E-state index contributed by atoms with van der Waals surface area (Å²) in [4.78, 5) is 10.1. The molecular formula is C19H25IN6S. The number of aliphatic imine (C=N–C) groups is 1. The quantitative estimate of drug-likeness (QED) is 0.299. The van der Waals surface area contributed by atoms with Gasteiger partial charge in [-0.2, -0.15) is 5.10 Å². The first-order valence-electron chi connectivity index (χ1n) is 8.75. The lowest BCUT2D eigenvalue weighted by Crippen LogP contribution is -2.37. The molecule has 0 saturated carbocycles. The topological polar surface area (TPSA) is 67.1 Å². The summed E-state index contributed by atoms with van der Waals surface area (Å²) in [5, 5.41) is 12.1. The van der Waals surface area contributed by atoms with Crippen molar-refractivity contribution in [3.05, 3.63) is 64.4 Å². The molecule has 2 heterocycles. The lowest BCUT2D eigenvalue weighted by molar-refractivity contribution is 0.791. The van der Waals surface area contributed by atoms with Crippen LogP contribution in [0.5, 0.6) is 0 Å². The van der Waals surface area contributed by atoms with E-state index in [2.05, 4.69) is 56.9 Å². The Balaban J connectivity index is 0.00000261. The van der Waals surface area contributed by atoms with Crippen molar-refractivity contribution in [3.63, 3.8) is 0 Å². The highest BCUT2D eigenvalue weighted by Gasteiger charge is 2.03. The molecule has 3 aromatic rings. The highest BCUT2D eigenvalue weighted by Crippen LogP contribution is 2.13. The Labute approximate surface area is 181 Å². The minimum Gasteiger partial charge on any atom is -0.356 e. The zero-order chi connectivity index (χ0) is 18.2. The first-order chi connectivity index (χ1) is 12.8. The van der Waals surface area contributed by atoms with Crippen molar-refractivity contribution in [1.82, 2.24) is 25.4 Å². The van der Waals surface area contributed by atoms with E-state index in [1.54, 1.807) is 24.6 Å². The normalized spacial score (nSPS) is 11.1. The second kappa shape index (κ2) is 11.0. The molecule has 0 amide bonds. The third-order valence-electron chi connectivity index (χ3n) is 3.97. The van der Waals surface area contributed by atoms with Gasteiger partial charge in [-0.25, -0.2) is 9.67 Å². The standard InChI is InChI=1S/C19H24N6S.HI/c1-3-17-14-22-18(26-17)9-11-21-19(20-2)23-13-15-5-7-16(8-6-15)25-12-4-10-24-25;/h4-8,10,12,14H,3,9,11,13H2,1-2H3,(H2,20,21,23);1H. The number of hydrogen-bond acceptors (Lipinski definition) is 4. The van der Waals surface area contributed by atoms with Crippen LogP contribution in [-0.2, 0) is 19.4 Å². The van der Waals surface area contributed by atoms with E-state index in [1.807, 2.05) is 23.1 Å². The van der Waals surface area contributed by atoms with Gasteiger partial charge in [0.25, 0.3) is 0 Å². The fourth-order valence-corrected chi connectivity index (χ4v) is 3.37. The molecule has 0 spiro atoms. The van der Waals surface area contributed by atoms with Gasteiger partial charge in [0.1, 0.15) is 0 Å². The molecule has 8 heteroatoms. The number of halogens is 1. The highest BCUT2D eigenvalue weighted by atomic mass is 127. The van der Waals surface area contributed by atoms with E-state index in [-0.39, 0.29) is 24.0 Å². The van der Waals surface area contributed by atoms with Gasteiger partial charge in [0.15, 0.2) is 5.96 Å². The molecule has 0 aliphatic carbocycles. The Hall–Kier alpha value is -1.94. The predicted molar refractivity (Wildman–Crippen MR) is 122 cm³/mol. The number of aryl methyl sites for hydroxylation is 1. The number of guanidine groups is 1. The van der Waals surface area contributed by atoms with Gasteiger partial charge in [0.05, 0.1) is 10.7 Å². The van der Waals surface area contributed by atoms with Crippen molar-refractivity contribution < 1.29 is 0 Å². The summed E-state index contributed by atoms with van der Waals surface area (Å²) >= 11 is 1.78. The molecule has 6 nitrogen and oxygen atoms in total. The summed E-state index contributed by atoms with van der Waals surface area (Å²) in [5.74, 6) is 0.799. The molecule has 2 N–H and O–H groups in total. The number of aromatic nitrogens is 3. The van der Waals surface area contributed by atoms with Crippen LogP contribution in [0.2, 0.25) is 0 Å². The molecule has 3 rings (SSSR count). The first-order valence-corrected chi connectivity index (χ1v) is 9.57. The molecule has 0 saturated heterocycles. The Bertz CT molecular complexity index is 826. The molecule has 0 unspecified atom stereocenters. The van der Waals surface area contributed by atoms with Crippen LogP contribution in [0, 0.1) is 0 Å². The molecule has 2 aromatic heterocycles. The summed E-state index contributed by atoms with van der Waals surface area (Å²) in [5.41, 5.74) is 2.24. The van der Waals surface area contributed by atoms with E-state index in [0.717, 1.165) is 37.6 Å². The van der Waals surface area contributed by atoms with Gasteiger partial charge >= 0.3 is 0 Å². The summed E-state index contributed by atoms with van der Waals surface area (Å²) in [6, 6.07) is 10.2. The summed E-state index contributed by atoms with van der Waals surface area (Å²) in [6.07, 6.45) is 7.64. The fraction of sp³-hybridized carbons (Fsp3) is 0.316. The summed E-state index contributed by atoms with van der Waals surface area (Å²) in [7, 11) is 1.79. The maximum absolute atomic E-state index is 4.44. The average molecular weight is 496 g/mol. The van der Waals surface area contributed by atoms with Crippen LogP contribution in [0.4, 0.5) is 0 Å². The van der Waals surface area contributed by atoms with Gasteiger partial charge in [0.2, 0.25) is 0 Å². The minimum atomic E-state index is 0. The molecule has 1 aromatic carbocycles. The van der Waals surface area contributed by atoms with E-state index < -0.39 is 0 Å². The van der Waals surface area contributed by atoms with E-state index in [1.165, 1.54) is 15.4 Å². The maximum atomic E-state index is 4.44. The van der Waals surface area contributed by atoms with Crippen molar-refractivity contribution in [3.8, 4) is 5.69 Å². The zero-order valence-corrected chi connectivity index (χ0v) is 18.7. The number of thiazole rings is 1. The number of hydrogen-bond donors (Lipinski definition) is 2. The first kappa shape index (κ1) is 21.4. The molecule has 0 aliphatic heterocycles. The number of rotatable bonds is 7. The molecule has 144 valence electrons. The molecular weight excluding hydrogens is 471 g/mol. The Morgan fingerprint density at radius 1 is 1.22 bits per heavy atom. The van der Waals surface area contributed by atoms with Crippen LogP contribution < -0.4 is 10.6 Å². The van der Waals surface area contributed by atoms with Gasteiger partial charge < -0.3 is 10.6 Å². The number of nitrogens with one attached hydrogen (secondary N) is 2. The average Bonchev–Trinajstić information content (AvgIpc) is 3.37. The van der Waals surface area contributed by atoms with Crippen LogP contribution in [0.3, 0.4) is 0 Å². The molecule has 0 fully saturated rings. The molecule has 0 radical (unpaired) electrons. The molecule has 0 bridgehead atoms. The molecule has 27 heavy (non-hydrogen) atoms. The van der Waals surface area contributed by atoms with Gasteiger partial charge in [0, 0.05) is 50.0 Å². The van der Waals surface area contributed by atoms with Gasteiger partial charge in [-0.05, 0) is 30.2 Å². The van der Waals surface area contributed by atoms with Crippen LogP contribution in [0.1, 0.15) is 22.4 Å². The van der Waals surface area contributed by atoms with Crippen molar-refractivity contribution in [1.29, 1.82) is 0 Å². The van der Waals surface area contributed by atoms with Gasteiger partial charge in [-0.15, -0.1) is 35.3 Å². The SMILES string of the molecule is CCc1cnc(CCNC(=NC)NCc2ccc(-n3cccn3)cc2)s1.I. The van der Waals surface area contributed by atoms with Crippen molar-refractivity contribution in [2.75, 3.05) is 13.6 Å². The summed E-state index contributed by atoms with van der Waals surface area (Å²) < 4.78 is 1.85. The van der Waals surface area contributed by atoms with Crippen molar-refractivity contribution >= 4 is 41.3 Å². The van der Waals surface area contributed by atoms with Crippen LogP contribution >= 0.6 is 35.3 Å². The van der Waals surface area contributed by atoms with Crippen molar-refractivity contribution in [2.45, 2.75) is 26.3 Å². The number of benzene rings is 1. The number of nitrogens with zero attached hydrogens (tertiary/aromatic N) is 4. The van der Waals surface area contributed by atoms with Crippen LogP contribution in [-0.4, -0.2) is 34.3 Å². The van der Waals surface area contributed by atoms with E-state index in [4.69, 9.17) is 0 Å². The Morgan fingerprint density at radius 3 is 2.67 bits per heavy atom. The Morgan fingerprint density at radius 2 is 2.04 bits per heavy atom. The highest BCUT2D eigenvalue weighted by molar-refractivity contribution is 14.0. The minimum absolute atomic E-state index is 0. The molecule has 0 atom stereocenters. The lowest BCUT2D eigenvalue weighted by atomic mass is 10.2. The van der Waals surface area contributed by atoms with Crippen LogP contribution in [0.15, 0.2) is 53.9 Å². The second-order valence-electron chi connectivity index (χ2n) is 5.79.